The van der Waals surface area contributed by atoms with Crippen molar-refractivity contribution in [2.24, 2.45) is 4.99 Å². The molecule has 2 aromatic rings. The van der Waals surface area contributed by atoms with Gasteiger partial charge in [0.05, 0.1) is 18.7 Å². The number of fused-ring (bicyclic) bond motifs is 1. The molecule has 6 nitrogen and oxygen atoms in total. The Morgan fingerprint density at radius 3 is 2.65 bits per heavy atom. The van der Waals surface area contributed by atoms with Crippen LogP contribution in [0.25, 0.3) is 11.5 Å². The Balaban J connectivity index is 1.91. The van der Waals surface area contributed by atoms with Crippen molar-refractivity contribution in [2.45, 2.75) is 6.42 Å². The molecular weight excluding hydrogens is 294 g/mol. The lowest BCUT2D eigenvalue weighted by atomic mass is 9.97. The minimum atomic E-state index is -0.315. The van der Waals surface area contributed by atoms with Gasteiger partial charge in [0, 0.05) is 12.1 Å². The van der Waals surface area contributed by atoms with Crippen molar-refractivity contribution < 1.29 is 14.0 Å². The van der Waals surface area contributed by atoms with E-state index < -0.39 is 0 Å². The second-order valence-electron chi connectivity index (χ2n) is 5.62. The molecular formula is C17H17N3O3. The van der Waals surface area contributed by atoms with Crippen LogP contribution in [0, 0.1) is 0 Å². The molecule has 0 N–H and O–H groups in total. The fourth-order valence-electron chi connectivity index (χ4n) is 2.33. The summed E-state index contributed by atoms with van der Waals surface area (Å²) in [7, 11) is 3.85. The van der Waals surface area contributed by atoms with E-state index in [2.05, 4.69) is 9.98 Å². The fraction of sp³-hybridized carbons (Fsp3) is 0.294. The van der Waals surface area contributed by atoms with Crippen LogP contribution in [0.5, 0.6) is 0 Å². The van der Waals surface area contributed by atoms with Crippen molar-refractivity contribution >= 4 is 17.3 Å². The molecule has 0 spiro atoms. The molecule has 6 heteroatoms. The van der Waals surface area contributed by atoms with Crippen LogP contribution < -0.4 is 0 Å². The van der Waals surface area contributed by atoms with Gasteiger partial charge in [-0.25, -0.2) is 4.98 Å². The molecule has 0 unspecified atom stereocenters. The van der Waals surface area contributed by atoms with E-state index in [1.165, 1.54) is 0 Å². The topological polar surface area (TPSA) is 75.8 Å². The number of aromatic nitrogens is 1. The Labute approximate surface area is 133 Å². The number of ketones is 2. The van der Waals surface area contributed by atoms with Gasteiger partial charge in [0.25, 0.3) is 0 Å². The van der Waals surface area contributed by atoms with E-state index in [-0.39, 0.29) is 41.0 Å². The van der Waals surface area contributed by atoms with Gasteiger partial charge < -0.3 is 9.32 Å². The number of carbonyl (C=O) groups excluding carboxylic acids is 2. The van der Waals surface area contributed by atoms with Gasteiger partial charge in [-0.3, -0.25) is 14.6 Å². The Bertz CT molecular complexity index is 776. The second-order valence-corrected chi connectivity index (χ2v) is 5.62. The number of nitrogens with zero attached hydrogens (tertiary/aromatic N) is 3. The Morgan fingerprint density at radius 1 is 1.22 bits per heavy atom. The van der Waals surface area contributed by atoms with Crippen molar-refractivity contribution in [3.05, 3.63) is 41.8 Å². The number of benzene rings is 1. The lowest BCUT2D eigenvalue weighted by Gasteiger charge is -2.10. The van der Waals surface area contributed by atoms with Gasteiger partial charge >= 0.3 is 0 Å². The van der Waals surface area contributed by atoms with Crippen molar-refractivity contribution in [1.82, 2.24) is 9.88 Å². The predicted molar refractivity (Wildman–Crippen MR) is 86.1 cm³/mol. The van der Waals surface area contributed by atoms with E-state index in [1.54, 1.807) is 0 Å². The molecule has 0 fully saturated rings. The van der Waals surface area contributed by atoms with E-state index in [4.69, 9.17) is 4.42 Å². The molecule has 0 atom stereocenters. The summed E-state index contributed by atoms with van der Waals surface area (Å²) in [6.07, 6.45) is -0.0251. The van der Waals surface area contributed by atoms with Gasteiger partial charge in [-0.05, 0) is 26.2 Å². The molecule has 0 radical (unpaired) electrons. The first-order valence-electron chi connectivity index (χ1n) is 7.38. The molecule has 1 aromatic carbocycles. The standard InChI is InChI=1S/C17H17N3O3/c1-20(2)9-8-18-12-10-13(21)16-14(15(12)22)19-17(23-16)11-6-4-3-5-7-11/h3-7H,8-10H2,1-2H3. The third-order valence-corrected chi connectivity index (χ3v) is 3.56. The summed E-state index contributed by atoms with van der Waals surface area (Å²) in [5.41, 5.74) is 1.06. The van der Waals surface area contributed by atoms with Crippen LogP contribution in [0.15, 0.2) is 39.7 Å². The van der Waals surface area contributed by atoms with Crippen molar-refractivity contribution in [2.75, 3.05) is 27.2 Å². The number of oxazole rings is 1. The van der Waals surface area contributed by atoms with Crippen LogP contribution in [0.4, 0.5) is 0 Å². The molecule has 0 saturated heterocycles. The zero-order chi connectivity index (χ0) is 16.4. The van der Waals surface area contributed by atoms with Crippen molar-refractivity contribution in [3.8, 4) is 11.5 Å². The number of likely N-dealkylation sites (N-methyl/N-ethyl adjacent to an activating group) is 1. The molecule has 23 heavy (non-hydrogen) atoms. The number of hydrogen-bond donors (Lipinski definition) is 0. The lowest BCUT2D eigenvalue weighted by Crippen LogP contribution is -2.27. The second kappa shape index (κ2) is 6.26. The summed E-state index contributed by atoms with van der Waals surface area (Å²) in [6, 6.07) is 9.20. The van der Waals surface area contributed by atoms with Crippen LogP contribution in [-0.4, -0.2) is 54.3 Å². The molecule has 1 heterocycles. The van der Waals surface area contributed by atoms with Gasteiger partial charge in [0.1, 0.15) is 0 Å². The summed E-state index contributed by atoms with van der Waals surface area (Å²) in [5, 5.41) is 0. The van der Waals surface area contributed by atoms with E-state index >= 15 is 0 Å². The highest BCUT2D eigenvalue weighted by Crippen LogP contribution is 2.26. The Morgan fingerprint density at radius 2 is 1.96 bits per heavy atom. The maximum absolute atomic E-state index is 12.5. The lowest BCUT2D eigenvalue weighted by molar-refractivity contribution is 0.0940. The van der Waals surface area contributed by atoms with Crippen molar-refractivity contribution in [3.63, 3.8) is 0 Å². The molecule has 1 aliphatic rings. The summed E-state index contributed by atoms with van der Waals surface area (Å²) >= 11 is 0. The highest BCUT2D eigenvalue weighted by atomic mass is 16.4. The first kappa shape index (κ1) is 15.3. The van der Waals surface area contributed by atoms with Gasteiger partial charge in [-0.15, -0.1) is 0 Å². The van der Waals surface area contributed by atoms with Gasteiger partial charge in [-0.2, -0.15) is 0 Å². The zero-order valence-corrected chi connectivity index (χ0v) is 13.1. The van der Waals surface area contributed by atoms with Crippen LogP contribution in [0.2, 0.25) is 0 Å². The molecule has 0 saturated carbocycles. The maximum Gasteiger partial charge on any atom is 0.229 e. The largest absolute Gasteiger partial charge is 0.432 e. The molecule has 0 aliphatic heterocycles. The first-order chi connectivity index (χ1) is 11.1. The maximum atomic E-state index is 12.5. The normalized spacial score (nSPS) is 16.2. The SMILES string of the molecule is CN(C)CCN=C1CC(=O)c2oc(-c3ccccc3)nc2C1=O. The third-order valence-electron chi connectivity index (χ3n) is 3.56. The minimum absolute atomic E-state index is 0.0251. The molecule has 0 amide bonds. The Hall–Kier alpha value is -2.60. The quantitative estimate of drug-likeness (QED) is 0.864. The smallest absolute Gasteiger partial charge is 0.229 e. The van der Waals surface area contributed by atoms with Gasteiger partial charge in [-0.1, -0.05) is 18.2 Å². The molecule has 1 aliphatic carbocycles. The number of aliphatic imine (C=N–C) groups is 1. The summed E-state index contributed by atoms with van der Waals surface area (Å²) in [5.74, 6) is -0.241. The summed E-state index contributed by atoms with van der Waals surface area (Å²) in [4.78, 5) is 35.1. The highest BCUT2D eigenvalue weighted by Gasteiger charge is 2.35. The van der Waals surface area contributed by atoms with Crippen LogP contribution in [-0.2, 0) is 0 Å². The predicted octanol–water partition coefficient (Wildman–Crippen LogP) is 2.11. The number of rotatable bonds is 4. The first-order valence-corrected chi connectivity index (χ1v) is 7.38. The monoisotopic (exact) mass is 311 g/mol. The third kappa shape index (κ3) is 3.12. The zero-order valence-electron chi connectivity index (χ0n) is 13.1. The van der Waals surface area contributed by atoms with Crippen LogP contribution in [0.3, 0.4) is 0 Å². The average Bonchev–Trinajstić information content (AvgIpc) is 2.99. The van der Waals surface area contributed by atoms with E-state index in [0.717, 1.165) is 5.56 Å². The molecule has 118 valence electrons. The van der Waals surface area contributed by atoms with Crippen molar-refractivity contribution in [1.29, 1.82) is 0 Å². The van der Waals surface area contributed by atoms with Crippen LogP contribution in [0.1, 0.15) is 27.5 Å². The number of Topliss-reactive ketones (excluding diaryl/α,β-unsaturated/α-hetero) is 2. The van der Waals surface area contributed by atoms with E-state index in [1.807, 2.05) is 49.3 Å². The molecule has 1 aromatic heterocycles. The van der Waals surface area contributed by atoms with Gasteiger partial charge in [0.15, 0.2) is 5.69 Å². The van der Waals surface area contributed by atoms with E-state index in [0.29, 0.717) is 13.1 Å². The average molecular weight is 311 g/mol. The summed E-state index contributed by atoms with van der Waals surface area (Å²) in [6.45, 7) is 1.19. The number of carbonyl (C=O) groups is 2. The Kier molecular flexibility index (Phi) is 4.16. The summed E-state index contributed by atoms with van der Waals surface area (Å²) < 4.78 is 5.52. The highest BCUT2D eigenvalue weighted by molar-refractivity contribution is 6.52. The molecule has 0 bridgehead atoms. The van der Waals surface area contributed by atoms with E-state index in [9.17, 15) is 9.59 Å². The minimum Gasteiger partial charge on any atom is -0.432 e. The van der Waals surface area contributed by atoms with Gasteiger partial charge in [0.2, 0.25) is 23.2 Å². The fourth-order valence-corrected chi connectivity index (χ4v) is 2.33. The molecule has 3 rings (SSSR count). The van der Waals surface area contributed by atoms with Crippen LogP contribution >= 0.6 is 0 Å². The number of hydrogen-bond acceptors (Lipinski definition) is 6.